The third-order valence-electron chi connectivity index (χ3n) is 4.59. The highest BCUT2D eigenvalue weighted by Gasteiger charge is 2.32. The molecule has 0 aromatic heterocycles. The lowest BCUT2D eigenvalue weighted by atomic mass is 9.70. The van der Waals surface area contributed by atoms with E-state index >= 15 is 0 Å². The molecule has 0 bridgehead atoms. The van der Waals surface area contributed by atoms with Crippen molar-refractivity contribution < 1.29 is 4.79 Å². The van der Waals surface area contributed by atoms with Crippen LogP contribution in [0.3, 0.4) is 0 Å². The standard InChI is InChI=1S/C18H28N2O/c1-12-6-7-15(10-17(12)19-14(3)21)20-16-8-9-18(4,5)11-13(16)2/h6-7,10,13,16,20H,8-9,11H2,1-5H3,(H,19,21). The molecular formula is C18H28N2O. The van der Waals surface area contributed by atoms with Gasteiger partial charge in [0.15, 0.2) is 0 Å². The van der Waals surface area contributed by atoms with Gasteiger partial charge in [-0.05, 0) is 55.2 Å². The van der Waals surface area contributed by atoms with E-state index in [4.69, 9.17) is 0 Å². The van der Waals surface area contributed by atoms with Crippen molar-refractivity contribution in [3.8, 4) is 0 Å². The second kappa shape index (κ2) is 6.08. The van der Waals surface area contributed by atoms with Crippen LogP contribution in [0.15, 0.2) is 18.2 Å². The summed E-state index contributed by atoms with van der Waals surface area (Å²) in [5.41, 5.74) is 3.55. The minimum atomic E-state index is -0.0250. The van der Waals surface area contributed by atoms with E-state index in [0.717, 1.165) is 16.9 Å². The van der Waals surface area contributed by atoms with Gasteiger partial charge in [0.05, 0.1) is 0 Å². The first-order valence-corrected chi connectivity index (χ1v) is 7.92. The number of amides is 1. The molecule has 1 fully saturated rings. The van der Waals surface area contributed by atoms with E-state index in [1.807, 2.05) is 13.0 Å². The lowest BCUT2D eigenvalue weighted by Crippen LogP contribution is -2.36. The molecule has 0 heterocycles. The molecule has 1 saturated carbocycles. The number of hydrogen-bond acceptors (Lipinski definition) is 2. The summed E-state index contributed by atoms with van der Waals surface area (Å²) in [6.07, 6.45) is 3.73. The molecule has 2 rings (SSSR count). The normalized spacial score (nSPS) is 24.4. The molecule has 1 aromatic rings. The van der Waals surface area contributed by atoms with Crippen LogP contribution >= 0.6 is 0 Å². The number of carbonyl (C=O) groups is 1. The minimum Gasteiger partial charge on any atom is -0.382 e. The predicted molar refractivity (Wildman–Crippen MR) is 89.7 cm³/mol. The Labute approximate surface area is 128 Å². The van der Waals surface area contributed by atoms with Gasteiger partial charge >= 0.3 is 0 Å². The molecule has 1 aliphatic carbocycles. The molecule has 0 saturated heterocycles. The van der Waals surface area contributed by atoms with Crippen molar-refractivity contribution in [3.63, 3.8) is 0 Å². The second-order valence-electron chi connectivity index (χ2n) is 7.35. The van der Waals surface area contributed by atoms with E-state index in [9.17, 15) is 4.79 Å². The SMILES string of the molecule is CC(=O)Nc1cc(NC2CCC(C)(C)CC2C)ccc1C. The Balaban J connectivity index is 2.08. The summed E-state index contributed by atoms with van der Waals surface area (Å²) in [5.74, 6) is 0.641. The summed E-state index contributed by atoms with van der Waals surface area (Å²) >= 11 is 0. The molecular weight excluding hydrogens is 260 g/mol. The summed E-state index contributed by atoms with van der Waals surface area (Å²) in [6.45, 7) is 10.6. The first-order valence-electron chi connectivity index (χ1n) is 7.92. The van der Waals surface area contributed by atoms with E-state index in [1.54, 1.807) is 6.92 Å². The fourth-order valence-electron chi connectivity index (χ4n) is 3.41. The van der Waals surface area contributed by atoms with Gasteiger partial charge in [-0.15, -0.1) is 0 Å². The smallest absolute Gasteiger partial charge is 0.221 e. The zero-order valence-corrected chi connectivity index (χ0v) is 13.9. The van der Waals surface area contributed by atoms with E-state index in [-0.39, 0.29) is 5.91 Å². The Bertz CT molecular complexity index is 522. The van der Waals surface area contributed by atoms with Crippen LogP contribution in [-0.4, -0.2) is 11.9 Å². The van der Waals surface area contributed by atoms with Gasteiger partial charge in [-0.2, -0.15) is 0 Å². The molecule has 3 nitrogen and oxygen atoms in total. The largest absolute Gasteiger partial charge is 0.382 e. The number of rotatable bonds is 3. The Hall–Kier alpha value is -1.51. The van der Waals surface area contributed by atoms with Crippen molar-refractivity contribution in [1.82, 2.24) is 0 Å². The molecule has 0 aliphatic heterocycles. The third kappa shape index (κ3) is 4.23. The van der Waals surface area contributed by atoms with Crippen molar-refractivity contribution in [2.75, 3.05) is 10.6 Å². The summed E-state index contributed by atoms with van der Waals surface area (Å²) in [6, 6.07) is 6.73. The van der Waals surface area contributed by atoms with Gasteiger partial charge < -0.3 is 10.6 Å². The van der Waals surface area contributed by atoms with Gasteiger partial charge in [0.25, 0.3) is 0 Å². The van der Waals surface area contributed by atoms with Crippen molar-refractivity contribution >= 4 is 17.3 Å². The van der Waals surface area contributed by atoms with Gasteiger partial charge in [-0.1, -0.05) is 26.8 Å². The molecule has 3 heteroatoms. The van der Waals surface area contributed by atoms with Gasteiger partial charge in [0.2, 0.25) is 5.91 Å². The quantitative estimate of drug-likeness (QED) is 0.854. The molecule has 1 aliphatic rings. The molecule has 1 amide bonds. The average molecular weight is 288 g/mol. The van der Waals surface area contributed by atoms with Crippen LogP contribution in [0.2, 0.25) is 0 Å². The molecule has 116 valence electrons. The molecule has 1 aromatic carbocycles. The third-order valence-corrected chi connectivity index (χ3v) is 4.59. The minimum absolute atomic E-state index is 0.0250. The van der Waals surface area contributed by atoms with Gasteiger partial charge in [-0.25, -0.2) is 0 Å². The average Bonchev–Trinajstić information content (AvgIpc) is 2.35. The molecule has 21 heavy (non-hydrogen) atoms. The van der Waals surface area contributed by atoms with E-state index in [0.29, 0.717) is 17.4 Å². The van der Waals surface area contributed by atoms with Gasteiger partial charge in [0.1, 0.15) is 0 Å². The van der Waals surface area contributed by atoms with Crippen LogP contribution in [0.5, 0.6) is 0 Å². The van der Waals surface area contributed by atoms with Crippen molar-refractivity contribution in [2.45, 2.75) is 59.9 Å². The number of carbonyl (C=O) groups excluding carboxylic acids is 1. The maximum Gasteiger partial charge on any atom is 0.221 e. The topological polar surface area (TPSA) is 41.1 Å². The van der Waals surface area contributed by atoms with Crippen molar-refractivity contribution in [2.24, 2.45) is 11.3 Å². The van der Waals surface area contributed by atoms with E-state index < -0.39 is 0 Å². The van der Waals surface area contributed by atoms with Crippen LogP contribution < -0.4 is 10.6 Å². The Morgan fingerprint density at radius 2 is 2.05 bits per heavy atom. The Morgan fingerprint density at radius 3 is 2.67 bits per heavy atom. The number of anilines is 2. The fourth-order valence-corrected chi connectivity index (χ4v) is 3.41. The molecule has 2 atom stereocenters. The van der Waals surface area contributed by atoms with Crippen LogP contribution in [0.4, 0.5) is 11.4 Å². The monoisotopic (exact) mass is 288 g/mol. The molecule has 0 spiro atoms. The number of benzene rings is 1. The molecule has 2 N–H and O–H groups in total. The van der Waals surface area contributed by atoms with Gasteiger partial charge in [0, 0.05) is 24.3 Å². The predicted octanol–water partition coefficient (Wildman–Crippen LogP) is 4.58. The summed E-state index contributed by atoms with van der Waals surface area (Å²) in [5, 5.41) is 6.55. The number of aryl methyl sites for hydroxylation is 1. The summed E-state index contributed by atoms with van der Waals surface area (Å²) in [7, 11) is 0. The van der Waals surface area contributed by atoms with E-state index in [1.165, 1.54) is 19.3 Å². The zero-order valence-electron chi connectivity index (χ0n) is 13.9. The fraction of sp³-hybridized carbons (Fsp3) is 0.611. The molecule has 2 unspecified atom stereocenters. The van der Waals surface area contributed by atoms with Crippen LogP contribution in [0.25, 0.3) is 0 Å². The van der Waals surface area contributed by atoms with Gasteiger partial charge in [-0.3, -0.25) is 4.79 Å². The lowest BCUT2D eigenvalue weighted by Gasteiger charge is -2.40. The molecule has 0 radical (unpaired) electrons. The van der Waals surface area contributed by atoms with Crippen LogP contribution in [0.1, 0.15) is 52.5 Å². The van der Waals surface area contributed by atoms with E-state index in [2.05, 4.69) is 43.5 Å². The maximum atomic E-state index is 11.3. The number of nitrogens with one attached hydrogen (secondary N) is 2. The lowest BCUT2D eigenvalue weighted by molar-refractivity contribution is -0.114. The summed E-state index contributed by atoms with van der Waals surface area (Å²) in [4.78, 5) is 11.3. The number of hydrogen-bond donors (Lipinski definition) is 2. The highest BCUT2D eigenvalue weighted by atomic mass is 16.1. The Kier molecular flexibility index (Phi) is 4.60. The highest BCUT2D eigenvalue weighted by Crippen LogP contribution is 2.39. The maximum absolute atomic E-state index is 11.3. The van der Waals surface area contributed by atoms with Crippen molar-refractivity contribution in [3.05, 3.63) is 23.8 Å². The van der Waals surface area contributed by atoms with Crippen LogP contribution in [0, 0.1) is 18.3 Å². The zero-order chi connectivity index (χ0) is 15.6. The first-order chi connectivity index (χ1) is 9.77. The second-order valence-corrected chi connectivity index (χ2v) is 7.35. The van der Waals surface area contributed by atoms with Crippen LogP contribution in [-0.2, 0) is 4.79 Å². The Morgan fingerprint density at radius 1 is 1.33 bits per heavy atom. The van der Waals surface area contributed by atoms with Crippen molar-refractivity contribution in [1.29, 1.82) is 0 Å². The summed E-state index contributed by atoms with van der Waals surface area (Å²) < 4.78 is 0. The first kappa shape index (κ1) is 15.9. The highest BCUT2D eigenvalue weighted by molar-refractivity contribution is 5.90.